The van der Waals surface area contributed by atoms with Crippen LogP contribution in [0, 0.1) is 5.92 Å². The molecule has 78 valence electrons. The molecule has 0 amide bonds. The van der Waals surface area contributed by atoms with Crippen LogP contribution >= 0.6 is 0 Å². The predicted octanol–water partition coefficient (Wildman–Crippen LogP) is 2.19. The van der Waals surface area contributed by atoms with Gasteiger partial charge in [-0.1, -0.05) is 44.2 Å². The van der Waals surface area contributed by atoms with Crippen molar-refractivity contribution >= 4 is 0 Å². The lowest BCUT2D eigenvalue weighted by molar-refractivity contribution is 0.0168. The summed E-state index contributed by atoms with van der Waals surface area (Å²) in [6, 6.07) is 10.2. The summed E-state index contributed by atoms with van der Waals surface area (Å²) in [5.74, 6) is 0.476. The van der Waals surface area contributed by atoms with Crippen molar-refractivity contribution in [2.24, 2.45) is 11.7 Å². The second-order valence-electron chi connectivity index (χ2n) is 3.81. The minimum atomic E-state index is 0.162. The molecule has 2 heteroatoms. The fraction of sp³-hybridized carbons (Fsp3) is 0.500. The Kier molecular flexibility index (Phi) is 4.63. The van der Waals surface area contributed by atoms with Crippen LogP contribution in [-0.4, -0.2) is 12.6 Å². The maximum absolute atomic E-state index is 5.71. The minimum Gasteiger partial charge on any atom is -0.372 e. The van der Waals surface area contributed by atoms with E-state index in [9.17, 15) is 0 Å². The average molecular weight is 193 g/mol. The highest BCUT2D eigenvalue weighted by Crippen LogP contribution is 2.08. The largest absolute Gasteiger partial charge is 0.372 e. The summed E-state index contributed by atoms with van der Waals surface area (Å²) >= 11 is 0. The average Bonchev–Trinajstić information content (AvgIpc) is 2.20. The molecule has 1 aromatic rings. The van der Waals surface area contributed by atoms with Gasteiger partial charge in [0.1, 0.15) is 0 Å². The van der Waals surface area contributed by atoms with Gasteiger partial charge in [-0.15, -0.1) is 0 Å². The zero-order valence-electron chi connectivity index (χ0n) is 8.94. The molecule has 1 aromatic carbocycles. The molecule has 0 aliphatic heterocycles. The predicted molar refractivity (Wildman–Crippen MR) is 58.9 cm³/mol. The smallest absolute Gasteiger partial charge is 0.0724 e. The van der Waals surface area contributed by atoms with Crippen molar-refractivity contribution in [3.63, 3.8) is 0 Å². The normalized spacial score (nSPS) is 13.1. The molecule has 0 fully saturated rings. The van der Waals surface area contributed by atoms with E-state index in [1.807, 2.05) is 18.2 Å². The van der Waals surface area contributed by atoms with Gasteiger partial charge < -0.3 is 10.5 Å². The lowest BCUT2D eigenvalue weighted by atomic mass is 10.1. The molecule has 0 bridgehead atoms. The van der Waals surface area contributed by atoms with Crippen LogP contribution in [0.15, 0.2) is 30.3 Å². The van der Waals surface area contributed by atoms with E-state index in [4.69, 9.17) is 10.5 Å². The Balaban J connectivity index is 2.40. The fourth-order valence-electron chi connectivity index (χ4n) is 1.31. The Morgan fingerprint density at radius 3 is 2.36 bits per heavy atom. The first-order chi connectivity index (χ1) is 6.74. The fourth-order valence-corrected chi connectivity index (χ4v) is 1.31. The van der Waals surface area contributed by atoms with Gasteiger partial charge in [-0.3, -0.25) is 0 Å². The summed E-state index contributed by atoms with van der Waals surface area (Å²) in [6.07, 6.45) is 0.162. The van der Waals surface area contributed by atoms with Crippen LogP contribution in [0.5, 0.6) is 0 Å². The molecule has 0 aliphatic carbocycles. The van der Waals surface area contributed by atoms with Crippen LogP contribution < -0.4 is 5.73 Å². The molecule has 0 aliphatic rings. The molecule has 0 saturated carbocycles. The van der Waals surface area contributed by atoms with Crippen molar-refractivity contribution in [1.82, 2.24) is 0 Å². The maximum atomic E-state index is 5.71. The highest BCUT2D eigenvalue weighted by Gasteiger charge is 2.11. The van der Waals surface area contributed by atoms with Crippen LogP contribution in [0.2, 0.25) is 0 Å². The van der Waals surface area contributed by atoms with Gasteiger partial charge in [-0.2, -0.15) is 0 Å². The third-order valence-corrected chi connectivity index (χ3v) is 2.28. The van der Waals surface area contributed by atoms with Gasteiger partial charge >= 0.3 is 0 Å². The number of hydrogen-bond acceptors (Lipinski definition) is 2. The van der Waals surface area contributed by atoms with Crippen molar-refractivity contribution in [3.05, 3.63) is 35.9 Å². The van der Waals surface area contributed by atoms with Crippen LogP contribution in [0.25, 0.3) is 0 Å². The molecule has 2 N–H and O–H groups in total. The lowest BCUT2D eigenvalue weighted by Gasteiger charge is -2.19. The first kappa shape index (κ1) is 11.2. The molecule has 1 unspecified atom stereocenters. The quantitative estimate of drug-likeness (QED) is 0.778. The molecule has 0 aromatic heterocycles. The van der Waals surface area contributed by atoms with Crippen LogP contribution in [0.4, 0.5) is 0 Å². The molecular formula is C12H19NO. The zero-order chi connectivity index (χ0) is 10.4. The third kappa shape index (κ3) is 3.48. The molecule has 14 heavy (non-hydrogen) atoms. The van der Waals surface area contributed by atoms with E-state index in [2.05, 4.69) is 26.0 Å². The number of benzene rings is 1. The zero-order valence-corrected chi connectivity index (χ0v) is 8.94. The van der Waals surface area contributed by atoms with Crippen molar-refractivity contribution in [2.45, 2.75) is 26.6 Å². The Bertz CT molecular complexity index is 246. The monoisotopic (exact) mass is 193 g/mol. The SMILES string of the molecule is CC(C)C(CN)OCc1ccccc1. The van der Waals surface area contributed by atoms with Gasteiger partial charge in [0.05, 0.1) is 12.7 Å². The lowest BCUT2D eigenvalue weighted by Crippen LogP contribution is -2.28. The van der Waals surface area contributed by atoms with Crippen molar-refractivity contribution in [2.75, 3.05) is 6.54 Å². The molecule has 0 radical (unpaired) electrons. The summed E-state index contributed by atoms with van der Waals surface area (Å²) in [6.45, 7) is 5.50. The van der Waals surface area contributed by atoms with Gasteiger partial charge in [0, 0.05) is 6.54 Å². The van der Waals surface area contributed by atoms with Crippen molar-refractivity contribution in [3.8, 4) is 0 Å². The second-order valence-corrected chi connectivity index (χ2v) is 3.81. The minimum absolute atomic E-state index is 0.162. The van der Waals surface area contributed by atoms with Crippen LogP contribution in [0.1, 0.15) is 19.4 Å². The summed E-state index contributed by atoms with van der Waals surface area (Å²) < 4.78 is 5.71. The second kappa shape index (κ2) is 5.78. The molecule has 2 nitrogen and oxygen atoms in total. The summed E-state index contributed by atoms with van der Waals surface area (Å²) in [5.41, 5.74) is 6.81. The summed E-state index contributed by atoms with van der Waals surface area (Å²) in [7, 11) is 0. The van der Waals surface area contributed by atoms with Crippen LogP contribution in [-0.2, 0) is 11.3 Å². The third-order valence-electron chi connectivity index (χ3n) is 2.28. The van der Waals surface area contributed by atoms with Crippen molar-refractivity contribution < 1.29 is 4.74 Å². The number of ether oxygens (including phenoxy) is 1. The van der Waals surface area contributed by atoms with E-state index in [-0.39, 0.29) is 6.10 Å². The van der Waals surface area contributed by atoms with E-state index >= 15 is 0 Å². The van der Waals surface area contributed by atoms with E-state index in [0.29, 0.717) is 19.1 Å². The first-order valence-electron chi connectivity index (χ1n) is 5.09. The molecule has 0 heterocycles. The van der Waals surface area contributed by atoms with E-state index in [0.717, 1.165) is 0 Å². The highest BCUT2D eigenvalue weighted by atomic mass is 16.5. The van der Waals surface area contributed by atoms with Gasteiger partial charge in [0.25, 0.3) is 0 Å². The van der Waals surface area contributed by atoms with E-state index in [1.54, 1.807) is 0 Å². The van der Waals surface area contributed by atoms with Gasteiger partial charge in [0.2, 0.25) is 0 Å². The first-order valence-corrected chi connectivity index (χ1v) is 5.09. The van der Waals surface area contributed by atoms with E-state index < -0.39 is 0 Å². The Morgan fingerprint density at radius 1 is 1.21 bits per heavy atom. The van der Waals surface area contributed by atoms with Gasteiger partial charge in [0.15, 0.2) is 0 Å². The Labute approximate surface area is 86.1 Å². The Hall–Kier alpha value is -0.860. The number of hydrogen-bond donors (Lipinski definition) is 1. The highest BCUT2D eigenvalue weighted by molar-refractivity contribution is 5.13. The number of rotatable bonds is 5. The molecule has 0 spiro atoms. The number of nitrogens with two attached hydrogens (primary N) is 1. The van der Waals surface area contributed by atoms with Crippen molar-refractivity contribution in [1.29, 1.82) is 0 Å². The summed E-state index contributed by atoms with van der Waals surface area (Å²) in [4.78, 5) is 0. The van der Waals surface area contributed by atoms with Gasteiger partial charge in [-0.25, -0.2) is 0 Å². The molecule has 0 saturated heterocycles. The standard InChI is InChI=1S/C12H19NO/c1-10(2)12(8-13)14-9-11-6-4-3-5-7-11/h3-7,10,12H,8-9,13H2,1-2H3. The van der Waals surface area contributed by atoms with Gasteiger partial charge in [-0.05, 0) is 11.5 Å². The van der Waals surface area contributed by atoms with Crippen LogP contribution in [0.3, 0.4) is 0 Å². The Morgan fingerprint density at radius 2 is 1.86 bits per heavy atom. The maximum Gasteiger partial charge on any atom is 0.0724 e. The van der Waals surface area contributed by atoms with E-state index in [1.165, 1.54) is 5.56 Å². The topological polar surface area (TPSA) is 35.2 Å². The summed E-state index contributed by atoms with van der Waals surface area (Å²) in [5, 5.41) is 0. The molecule has 1 atom stereocenters. The molecular weight excluding hydrogens is 174 g/mol. The molecule has 1 rings (SSSR count).